The Kier molecular flexibility index (Phi) is 6.56. The first-order valence-electron chi connectivity index (χ1n) is 23.7. The van der Waals surface area contributed by atoms with Crippen LogP contribution >= 0.6 is 0 Å². The first kappa shape index (κ1) is 29.6. The van der Waals surface area contributed by atoms with Crippen LogP contribution in [0.3, 0.4) is 0 Å². The van der Waals surface area contributed by atoms with E-state index in [1.807, 2.05) is 109 Å². The molecule has 13 rings (SSSR count). The largest absolute Gasteiger partial charge is 0.455 e. The fourth-order valence-corrected chi connectivity index (χ4v) is 9.20. The van der Waals surface area contributed by atoms with E-state index in [-0.39, 0.29) is 63.8 Å². The van der Waals surface area contributed by atoms with Crippen molar-refractivity contribution < 1.29 is 12.6 Å². The Morgan fingerprint density at radius 2 is 0.968 bits per heavy atom. The molecule has 63 heavy (non-hydrogen) atoms. The summed E-state index contributed by atoms with van der Waals surface area (Å²) >= 11 is 0. The number of para-hydroxylation sites is 7. The Balaban J connectivity index is 1.14. The normalized spacial score (nSPS) is 13.1. The molecule has 0 aliphatic carbocycles. The van der Waals surface area contributed by atoms with Crippen LogP contribution in [0.15, 0.2) is 217 Å². The zero-order valence-corrected chi connectivity index (χ0v) is 33.4. The molecule has 0 radical (unpaired) electrons. The standard InChI is InChI=1S/C57H35N5O/c1-3-17-36(18-4-1)55-58-56(37-33-34-51-47(35-37)41-23-9-11-29-48(41)61(51)38-19-5-2-6-20-38)60-57(59-55)46-28-15-25-43(45-27-16-26-44-42-24-10-14-32-52(42)63-54(44)45)53(46)62-49-30-12-7-21-39(49)40-22-8-13-31-50(40)62/h1-35H/i10D,16D,24D,26D,27D,32D. The molecule has 9 aromatic carbocycles. The SMILES string of the molecule is [2H]c1cc([2H])c2oc3c(-c4cccc(-c5nc(-c6ccccc6)nc(-c6ccc7c(c6)c6ccccc6n7-c6ccccc6)n5)c4-n4c5ccccc5c5ccccc54)c([2H])c([2H])c([2H])c3c2c1[2H]. The zero-order valence-electron chi connectivity index (χ0n) is 39.4. The molecule has 294 valence electrons. The highest BCUT2D eigenvalue weighted by molar-refractivity contribution is 6.14. The summed E-state index contributed by atoms with van der Waals surface area (Å²) in [5.74, 6) is 1.24. The molecule has 6 nitrogen and oxygen atoms in total. The Morgan fingerprint density at radius 1 is 0.381 bits per heavy atom. The number of hydrogen-bond acceptors (Lipinski definition) is 4. The predicted molar refractivity (Wildman–Crippen MR) is 258 cm³/mol. The lowest BCUT2D eigenvalue weighted by molar-refractivity contribution is 0.670. The summed E-state index contributed by atoms with van der Waals surface area (Å²) in [5, 5.41) is 4.29. The van der Waals surface area contributed by atoms with Gasteiger partial charge in [0.2, 0.25) is 0 Å². The molecule has 0 bridgehead atoms. The maximum atomic E-state index is 9.62. The maximum absolute atomic E-state index is 9.62. The number of aromatic nitrogens is 5. The predicted octanol–water partition coefficient (Wildman–Crippen LogP) is 14.6. The minimum absolute atomic E-state index is 0.0128. The van der Waals surface area contributed by atoms with E-state index in [2.05, 4.69) is 69.8 Å². The first-order chi connectivity index (χ1) is 33.7. The number of rotatable bonds is 6. The molecule has 0 N–H and O–H groups in total. The molecule has 0 saturated carbocycles. The molecule has 0 fully saturated rings. The van der Waals surface area contributed by atoms with Gasteiger partial charge < -0.3 is 13.6 Å². The molecule has 0 saturated heterocycles. The van der Waals surface area contributed by atoms with Gasteiger partial charge in [-0.3, -0.25) is 0 Å². The van der Waals surface area contributed by atoms with Gasteiger partial charge in [-0.1, -0.05) is 152 Å². The van der Waals surface area contributed by atoms with Gasteiger partial charge in [0, 0.05) is 65.8 Å². The lowest BCUT2D eigenvalue weighted by atomic mass is 9.97. The van der Waals surface area contributed by atoms with Crippen molar-refractivity contribution in [1.29, 1.82) is 0 Å². The average molecular weight is 812 g/mol. The van der Waals surface area contributed by atoms with Crippen molar-refractivity contribution in [2.75, 3.05) is 0 Å². The van der Waals surface area contributed by atoms with E-state index in [0.717, 1.165) is 60.4 Å². The maximum Gasteiger partial charge on any atom is 0.166 e. The van der Waals surface area contributed by atoms with Crippen molar-refractivity contribution in [2.24, 2.45) is 0 Å². The third-order valence-corrected chi connectivity index (χ3v) is 11.9. The molecule has 4 aromatic heterocycles. The van der Waals surface area contributed by atoms with Crippen molar-refractivity contribution in [3.8, 4) is 56.7 Å². The summed E-state index contributed by atoms with van der Waals surface area (Å²) in [6.45, 7) is 0. The highest BCUT2D eigenvalue weighted by atomic mass is 16.3. The molecule has 0 aliphatic rings. The van der Waals surface area contributed by atoms with Crippen molar-refractivity contribution in [3.63, 3.8) is 0 Å². The van der Waals surface area contributed by atoms with Gasteiger partial charge in [0.05, 0.1) is 36.0 Å². The molecule has 0 unspecified atom stereocenters. The van der Waals surface area contributed by atoms with E-state index in [0.29, 0.717) is 34.3 Å². The Bertz CT molecular complexity index is 4220. The van der Waals surface area contributed by atoms with Gasteiger partial charge in [0.25, 0.3) is 0 Å². The van der Waals surface area contributed by atoms with Crippen molar-refractivity contribution >= 4 is 65.6 Å². The molecule has 0 spiro atoms. The Labute approximate surface area is 370 Å². The van der Waals surface area contributed by atoms with Crippen LogP contribution in [0.25, 0.3) is 122 Å². The summed E-state index contributed by atoms with van der Waals surface area (Å²) in [6.07, 6.45) is 0. The summed E-state index contributed by atoms with van der Waals surface area (Å²) in [7, 11) is 0. The summed E-state index contributed by atoms with van der Waals surface area (Å²) in [6, 6.07) is 56.4. The highest BCUT2D eigenvalue weighted by Gasteiger charge is 2.25. The monoisotopic (exact) mass is 811 g/mol. The molecule has 0 atom stereocenters. The van der Waals surface area contributed by atoms with Crippen LogP contribution in [0.1, 0.15) is 8.22 Å². The fourth-order valence-electron chi connectivity index (χ4n) is 9.20. The van der Waals surface area contributed by atoms with Crippen LogP contribution in [0.4, 0.5) is 0 Å². The summed E-state index contributed by atoms with van der Waals surface area (Å²) < 4.78 is 65.1. The number of furan rings is 1. The second-order valence-electron chi connectivity index (χ2n) is 15.5. The van der Waals surface area contributed by atoms with Crippen molar-refractivity contribution in [2.45, 2.75) is 0 Å². The van der Waals surface area contributed by atoms with E-state index in [1.165, 1.54) is 6.07 Å². The van der Waals surface area contributed by atoms with E-state index in [9.17, 15) is 2.74 Å². The topological polar surface area (TPSA) is 61.7 Å². The van der Waals surface area contributed by atoms with Crippen LogP contribution < -0.4 is 0 Å². The molecular formula is C57H35N5O. The van der Waals surface area contributed by atoms with Gasteiger partial charge in [0.1, 0.15) is 11.2 Å². The van der Waals surface area contributed by atoms with Crippen LogP contribution in [0, 0.1) is 0 Å². The number of nitrogens with zero attached hydrogens (tertiary/aromatic N) is 5. The van der Waals surface area contributed by atoms with Crippen molar-refractivity contribution in [1.82, 2.24) is 24.1 Å². The van der Waals surface area contributed by atoms with Gasteiger partial charge in [-0.2, -0.15) is 0 Å². The summed E-state index contributed by atoms with van der Waals surface area (Å²) in [5.41, 5.74) is 8.38. The molecule has 13 aromatic rings. The molecule has 0 amide bonds. The van der Waals surface area contributed by atoms with E-state index < -0.39 is 0 Å². The lowest BCUT2D eigenvalue weighted by Crippen LogP contribution is -2.05. The van der Waals surface area contributed by atoms with Gasteiger partial charge >= 0.3 is 0 Å². The molecule has 0 aliphatic heterocycles. The number of fused-ring (bicyclic) bond motifs is 9. The number of hydrogen-bond donors (Lipinski definition) is 0. The van der Waals surface area contributed by atoms with Gasteiger partial charge in [-0.25, -0.2) is 15.0 Å². The van der Waals surface area contributed by atoms with Crippen LogP contribution in [0.2, 0.25) is 0 Å². The second-order valence-corrected chi connectivity index (χ2v) is 15.5. The van der Waals surface area contributed by atoms with E-state index in [4.69, 9.17) is 24.9 Å². The minimum atomic E-state index is -0.377. The Hall–Kier alpha value is -8.61. The Morgan fingerprint density at radius 3 is 1.71 bits per heavy atom. The zero-order chi connectivity index (χ0) is 46.7. The van der Waals surface area contributed by atoms with E-state index >= 15 is 0 Å². The van der Waals surface area contributed by atoms with Gasteiger partial charge in [-0.05, 0) is 60.6 Å². The van der Waals surface area contributed by atoms with Crippen LogP contribution in [0.5, 0.6) is 0 Å². The van der Waals surface area contributed by atoms with Crippen LogP contribution in [-0.2, 0) is 0 Å². The third-order valence-electron chi connectivity index (χ3n) is 11.9. The second kappa shape index (κ2) is 14.0. The quantitative estimate of drug-likeness (QED) is 0.168. The smallest absolute Gasteiger partial charge is 0.166 e. The van der Waals surface area contributed by atoms with Crippen molar-refractivity contribution in [3.05, 3.63) is 212 Å². The highest BCUT2D eigenvalue weighted by Crippen LogP contribution is 2.44. The van der Waals surface area contributed by atoms with E-state index in [1.54, 1.807) is 0 Å². The summed E-state index contributed by atoms with van der Waals surface area (Å²) in [4.78, 5) is 15.8. The third kappa shape index (κ3) is 5.48. The fraction of sp³-hybridized carbons (Fsp3) is 0. The van der Waals surface area contributed by atoms with Gasteiger partial charge in [-0.15, -0.1) is 0 Å². The van der Waals surface area contributed by atoms with Crippen LogP contribution in [-0.4, -0.2) is 24.1 Å². The van der Waals surface area contributed by atoms with Gasteiger partial charge in [0.15, 0.2) is 17.5 Å². The number of benzene rings is 9. The minimum Gasteiger partial charge on any atom is -0.455 e. The molecular weight excluding hydrogens is 771 g/mol. The lowest BCUT2D eigenvalue weighted by Gasteiger charge is -2.19. The first-order valence-corrected chi connectivity index (χ1v) is 20.7. The molecule has 4 heterocycles. The molecule has 6 heteroatoms. The average Bonchev–Trinajstić information content (AvgIpc) is 4.06.